The molecule has 0 saturated heterocycles. The molecular weight excluding hydrogens is 253 g/mol. The number of rotatable bonds is 3. The van der Waals surface area contributed by atoms with Crippen molar-refractivity contribution in [3.05, 3.63) is 58.4 Å². The third-order valence-electron chi connectivity index (χ3n) is 2.64. The van der Waals surface area contributed by atoms with E-state index in [1.54, 1.807) is 18.2 Å². The van der Waals surface area contributed by atoms with Gasteiger partial charge in [-0.25, -0.2) is 4.39 Å². The van der Waals surface area contributed by atoms with Gasteiger partial charge in [0, 0.05) is 17.1 Å². The maximum Gasteiger partial charge on any atom is 0.146 e. The Balaban J connectivity index is 2.13. The van der Waals surface area contributed by atoms with Crippen LogP contribution in [0.4, 0.5) is 10.1 Å². The highest BCUT2D eigenvalue weighted by molar-refractivity contribution is 6.30. The molecule has 0 aliphatic rings. The third kappa shape index (κ3) is 2.93. The lowest BCUT2D eigenvalue weighted by Gasteiger charge is -2.10. The van der Waals surface area contributed by atoms with E-state index >= 15 is 0 Å². The van der Waals surface area contributed by atoms with E-state index < -0.39 is 0 Å². The Bertz CT molecular complexity index is 572. The molecule has 0 aliphatic carbocycles. The summed E-state index contributed by atoms with van der Waals surface area (Å²) in [6.07, 6.45) is 0. The van der Waals surface area contributed by atoms with E-state index in [1.807, 2.05) is 13.0 Å². The maximum atomic E-state index is 13.6. The van der Waals surface area contributed by atoms with E-state index in [4.69, 9.17) is 11.6 Å². The number of hydrogen-bond donors (Lipinski definition) is 2. The molecule has 0 bridgehead atoms. The Morgan fingerprint density at radius 2 is 2.00 bits per heavy atom. The molecule has 0 spiro atoms. The summed E-state index contributed by atoms with van der Waals surface area (Å²) in [5.74, 6) is -0.170. The molecule has 0 atom stereocenters. The van der Waals surface area contributed by atoms with Crippen molar-refractivity contribution in [3.8, 4) is 5.75 Å². The van der Waals surface area contributed by atoms with Crippen molar-refractivity contribution in [2.75, 3.05) is 5.32 Å². The fraction of sp³-hybridized carbons (Fsp3) is 0.143. The smallest absolute Gasteiger partial charge is 0.146 e. The molecule has 18 heavy (non-hydrogen) atoms. The number of hydrogen-bond acceptors (Lipinski definition) is 2. The van der Waals surface area contributed by atoms with E-state index in [0.29, 0.717) is 22.8 Å². The topological polar surface area (TPSA) is 32.3 Å². The lowest BCUT2D eigenvalue weighted by molar-refractivity contribution is 0.469. The Labute approximate surface area is 110 Å². The molecule has 0 unspecified atom stereocenters. The van der Waals surface area contributed by atoms with Crippen molar-refractivity contribution in [2.24, 2.45) is 0 Å². The van der Waals surface area contributed by atoms with Crippen LogP contribution in [0.5, 0.6) is 5.75 Å². The van der Waals surface area contributed by atoms with E-state index in [0.717, 1.165) is 5.56 Å². The van der Waals surface area contributed by atoms with Gasteiger partial charge < -0.3 is 10.4 Å². The van der Waals surface area contributed by atoms with E-state index in [2.05, 4.69) is 5.32 Å². The standard InChI is InChI=1S/C14H13ClFNO/c1-9-2-4-13(12(16)6-9)17-8-10-7-11(15)3-5-14(10)18/h2-7,17-18H,8H2,1H3. The van der Waals surface area contributed by atoms with Crippen LogP contribution in [0.25, 0.3) is 0 Å². The Kier molecular flexibility index (Phi) is 3.72. The monoisotopic (exact) mass is 265 g/mol. The van der Waals surface area contributed by atoms with Crippen LogP contribution in [0.15, 0.2) is 36.4 Å². The molecular formula is C14H13ClFNO. The van der Waals surface area contributed by atoms with Crippen molar-refractivity contribution in [3.63, 3.8) is 0 Å². The molecule has 0 aliphatic heterocycles. The van der Waals surface area contributed by atoms with Crippen molar-refractivity contribution in [2.45, 2.75) is 13.5 Å². The molecule has 2 N–H and O–H groups in total. The van der Waals surface area contributed by atoms with Gasteiger partial charge in [0.1, 0.15) is 11.6 Å². The highest BCUT2D eigenvalue weighted by Gasteiger charge is 2.05. The maximum absolute atomic E-state index is 13.6. The number of phenolic OH excluding ortho intramolecular Hbond substituents is 1. The lowest BCUT2D eigenvalue weighted by Crippen LogP contribution is -2.02. The molecule has 0 saturated carbocycles. The van der Waals surface area contributed by atoms with Crippen molar-refractivity contribution >= 4 is 17.3 Å². The van der Waals surface area contributed by atoms with Gasteiger partial charge in [-0.3, -0.25) is 0 Å². The number of halogens is 2. The SMILES string of the molecule is Cc1ccc(NCc2cc(Cl)ccc2O)c(F)c1. The average molecular weight is 266 g/mol. The normalized spacial score (nSPS) is 10.4. The van der Waals surface area contributed by atoms with E-state index in [-0.39, 0.29) is 11.6 Å². The highest BCUT2D eigenvalue weighted by Crippen LogP contribution is 2.23. The van der Waals surface area contributed by atoms with E-state index in [1.165, 1.54) is 12.1 Å². The molecule has 94 valence electrons. The van der Waals surface area contributed by atoms with Gasteiger partial charge in [-0.05, 0) is 42.8 Å². The second-order valence-corrected chi connectivity index (χ2v) is 4.55. The van der Waals surface area contributed by atoms with Crippen LogP contribution in [0, 0.1) is 12.7 Å². The lowest BCUT2D eigenvalue weighted by atomic mass is 10.2. The van der Waals surface area contributed by atoms with Gasteiger partial charge in [0.05, 0.1) is 5.69 Å². The number of aryl methyl sites for hydroxylation is 1. The number of phenols is 1. The number of aromatic hydroxyl groups is 1. The molecule has 0 heterocycles. The van der Waals surface area contributed by atoms with Crippen LogP contribution >= 0.6 is 11.6 Å². The van der Waals surface area contributed by atoms with Crippen molar-refractivity contribution in [1.82, 2.24) is 0 Å². The minimum atomic E-state index is -0.309. The summed E-state index contributed by atoms with van der Waals surface area (Å²) >= 11 is 5.84. The van der Waals surface area contributed by atoms with Gasteiger partial charge in [0.25, 0.3) is 0 Å². The largest absolute Gasteiger partial charge is 0.508 e. The van der Waals surface area contributed by atoms with Crippen LogP contribution in [-0.4, -0.2) is 5.11 Å². The van der Waals surface area contributed by atoms with Gasteiger partial charge in [0.15, 0.2) is 0 Å². The summed E-state index contributed by atoms with van der Waals surface area (Å²) in [7, 11) is 0. The van der Waals surface area contributed by atoms with Crippen LogP contribution in [0.1, 0.15) is 11.1 Å². The minimum absolute atomic E-state index is 0.138. The Morgan fingerprint density at radius 3 is 2.72 bits per heavy atom. The van der Waals surface area contributed by atoms with Gasteiger partial charge in [-0.1, -0.05) is 17.7 Å². The molecule has 2 rings (SSSR count). The molecule has 2 aromatic carbocycles. The first kappa shape index (κ1) is 12.7. The average Bonchev–Trinajstić information content (AvgIpc) is 2.32. The summed E-state index contributed by atoms with van der Waals surface area (Å²) < 4.78 is 13.6. The molecule has 4 heteroatoms. The summed E-state index contributed by atoms with van der Waals surface area (Å²) in [5.41, 5.74) is 1.89. The molecule has 0 fully saturated rings. The van der Waals surface area contributed by atoms with Gasteiger partial charge >= 0.3 is 0 Å². The van der Waals surface area contributed by atoms with Gasteiger partial charge in [-0.2, -0.15) is 0 Å². The summed E-state index contributed by atoms with van der Waals surface area (Å²) in [6.45, 7) is 2.14. The Morgan fingerprint density at radius 1 is 1.22 bits per heavy atom. The Hall–Kier alpha value is -1.74. The summed E-state index contributed by atoms with van der Waals surface area (Å²) in [4.78, 5) is 0. The first-order chi connectivity index (χ1) is 8.56. The zero-order valence-corrected chi connectivity index (χ0v) is 10.6. The zero-order valence-electron chi connectivity index (χ0n) is 9.87. The number of nitrogens with one attached hydrogen (secondary N) is 1. The summed E-state index contributed by atoms with van der Waals surface area (Å²) in [5, 5.41) is 13.1. The van der Waals surface area contributed by atoms with Gasteiger partial charge in [0.2, 0.25) is 0 Å². The van der Waals surface area contributed by atoms with Gasteiger partial charge in [-0.15, -0.1) is 0 Å². The second-order valence-electron chi connectivity index (χ2n) is 4.11. The van der Waals surface area contributed by atoms with E-state index in [9.17, 15) is 9.50 Å². The number of anilines is 1. The quantitative estimate of drug-likeness (QED) is 0.875. The fourth-order valence-corrected chi connectivity index (χ4v) is 1.84. The fourth-order valence-electron chi connectivity index (χ4n) is 1.65. The third-order valence-corrected chi connectivity index (χ3v) is 2.87. The second kappa shape index (κ2) is 5.27. The van der Waals surface area contributed by atoms with Crippen LogP contribution in [0.3, 0.4) is 0 Å². The summed E-state index contributed by atoms with van der Waals surface area (Å²) in [6, 6.07) is 9.73. The van der Waals surface area contributed by atoms with Crippen molar-refractivity contribution in [1.29, 1.82) is 0 Å². The van der Waals surface area contributed by atoms with Crippen LogP contribution in [0.2, 0.25) is 5.02 Å². The molecule has 0 radical (unpaired) electrons. The predicted molar refractivity (Wildman–Crippen MR) is 71.6 cm³/mol. The van der Waals surface area contributed by atoms with Crippen LogP contribution < -0.4 is 5.32 Å². The predicted octanol–water partition coefficient (Wildman–Crippen LogP) is 4.11. The first-order valence-electron chi connectivity index (χ1n) is 5.53. The number of benzene rings is 2. The molecule has 2 aromatic rings. The molecule has 0 amide bonds. The minimum Gasteiger partial charge on any atom is -0.508 e. The zero-order chi connectivity index (χ0) is 13.1. The van der Waals surface area contributed by atoms with Crippen LogP contribution in [-0.2, 0) is 6.54 Å². The molecule has 2 nitrogen and oxygen atoms in total. The highest BCUT2D eigenvalue weighted by atomic mass is 35.5. The molecule has 0 aromatic heterocycles. The van der Waals surface area contributed by atoms with Crippen molar-refractivity contribution < 1.29 is 9.50 Å². The first-order valence-corrected chi connectivity index (χ1v) is 5.91.